The van der Waals surface area contributed by atoms with Gasteiger partial charge in [-0.05, 0) is 50.1 Å². The molecule has 0 aliphatic rings. The topological polar surface area (TPSA) is 79.5 Å². The highest BCUT2D eigenvalue weighted by Gasteiger charge is 2.07. The molecule has 3 N–H and O–H groups in total. The second-order valence-electron chi connectivity index (χ2n) is 7.35. The number of nitrogens with one attached hydrogen (secondary N) is 3. The molecule has 1 unspecified atom stereocenters. The Morgan fingerprint density at radius 3 is 2.30 bits per heavy atom. The molecule has 0 heterocycles. The fraction of sp³-hybridized carbons (Fsp3) is 0.417. The molecule has 0 spiro atoms. The molecule has 2 aromatic rings. The Labute approximate surface area is 179 Å². The molecule has 162 valence electrons. The van der Waals surface area contributed by atoms with Crippen molar-refractivity contribution in [1.29, 1.82) is 0 Å². The van der Waals surface area contributed by atoms with Gasteiger partial charge >= 0.3 is 0 Å². The molecule has 0 saturated heterocycles. The van der Waals surface area contributed by atoms with Crippen LogP contribution in [0.4, 0.5) is 17.1 Å². The van der Waals surface area contributed by atoms with E-state index in [4.69, 9.17) is 4.74 Å². The van der Waals surface area contributed by atoms with Gasteiger partial charge in [0, 0.05) is 29.5 Å². The summed E-state index contributed by atoms with van der Waals surface area (Å²) < 4.78 is 5.79. The lowest BCUT2D eigenvalue weighted by molar-refractivity contribution is -0.116. The summed E-state index contributed by atoms with van der Waals surface area (Å²) in [4.78, 5) is 24.3. The van der Waals surface area contributed by atoms with Crippen LogP contribution in [0.25, 0.3) is 0 Å². The quantitative estimate of drug-likeness (QED) is 0.407. The summed E-state index contributed by atoms with van der Waals surface area (Å²) in [6, 6.07) is 14.7. The molecule has 2 amide bonds. The molecular weight excluding hydrogens is 378 g/mol. The van der Waals surface area contributed by atoms with E-state index in [1.165, 1.54) is 0 Å². The number of benzene rings is 2. The van der Waals surface area contributed by atoms with Gasteiger partial charge in [0.2, 0.25) is 11.8 Å². The molecule has 1 atom stereocenters. The van der Waals surface area contributed by atoms with Crippen LogP contribution in [0.15, 0.2) is 48.5 Å². The summed E-state index contributed by atoms with van der Waals surface area (Å²) in [6.45, 7) is 6.30. The number of rotatable bonds is 12. The van der Waals surface area contributed by atoms with E-state index in [9.17, 15) is 9.59 Å². The minimum atomic E-state index is -0.162. The minimum Gasteiger partial charge on any atom is -0.491 e. The standard InChI is InChI=1S/C24H33N3O3/c1-4-6-7-14-23(28)26-20-11-8-10-19(15-20)25-17-24(29)27-21-12-9-13-22(16-21)30-18(3)5-2/h8-13,15-16,18,25H,4-7,14,17H2,1-3H3,(H,26,28)(H,27,29). The highest BCUT2D eigenvalue weighted by Crippen LogP contribution is 2.19. The van der Waals surface area contributed by atoms with Crippen molar-refractivity contribution in [1.82, 2.24) is 0 Å². The van der Waals surface area contributed by atoms with E-state index in [1.54, 1.807) is 0 Å². The largest absolute Gasteiger partial charge is 0.491 e. The van der Waals surface area contributed by atoms with Gasteiger partial charge in [-0.1, -0.05) is 38.8 Å². The van der Waals surface area contributed by atoms with Crippen molar-refractivity contribution >= 4 is 28.9 Å². The maximum Gasteiger partial charge on any atom is 0.243 e. The molecular formula is C24H33N3O3. The lowest BCUT2D eigenvalue weighted by Crippen LogP contribution is -2.22. The molecule has 0 aliphatic heterocycles. The average molecular weight is 412 g/mol. The first-order chi connectivity index (χ1) is 14.5. The predicted molar refractivity (Wildman–Crippen MR) is 123 cm³/mol. The minimum absolute atomic E-state index is 0.0119. The molecule has 2 rings (SSSR count). The number of hydrogen-bond donors (Lipinski definition) is 3. The van der Waals surface area contributed by atoms with E-state index in [1.807, 2.05) is 55.5 Å². The summed E-state index contributed by atoms with van der Waals surface area (Å²) in [7, 11) is 0. The van der Waals surface area contributed by atoms with Crippen LogP contribution >= 0.6 is 0 Å². The highest BCUT2D eigenvalue weighted by atomic mass is 16.5. The Morgan fingerprint density at radius 2 is 1.57 bits per heavy atom. The van der Waals surface area contributed by atoms with E-state index in [2.05, 4.69) is 29.8 Å². The second kappa shape index (κ2) is 12.5. The average Bonchev–Trinajstić information content (AvgIpc) is 2.73. The first-order valence-electron chi connectivity index (χ1n) is 10.7. The third-order valence-electron chi connectivity index (χ3n) is 4.64. The number of hydrogen-bond acceptors (Lipinski definition) is 4. The third kappa shape index (κ3) is 8.55. The van der Waals surface area contributed by atoms with E-state index >= 15 is 0 Å². The number of unbranched alkanes of at least 4 members (excludes halogenated alkanes) is 2. The molecule has 0 radical (unpaired) electrons. The smallest absolute Gasteiger partial charge is 0.243 e. The monoisotopic (exact) mass is 411 g/mol. The van der Waals surface area contributed by atoms with Gasteiger partial charge in [0.05, 0.1) is 12.6 Å². The van der Waals surface area contributed by atoms with Crippen molar-refractivity contribution in [2.75, 3.05) is 22.5 Å². The molecule has 6 heteroatoms. The van der Waals surface area contributed by atoms with Gasteiger partial charge in [-0.15, -0.1) is 0 Å². The molecule has 0 aliphatic carbocycles. The second-order valence-corrected chi connectivity index (χ2v) is 7.35. The van der Waals surface area contributed by atoms with Gasteiger partial charge in [-0.25, -0.2) is 0 Å². The van der Waals surface area contributed by atoms with E-state index in [-0.39, 0.29) is 24.5 Å². The number of carbonyl (C=O) groups excluding carboxylic acids is 2. The van der Waals surface area contributed by atoms with Gasteiger partial charge in [0.1, 0.15) is 5.75 Å². The maximum atomic E-state index is 12.3. The summed E-state index contributed by atoms with van der Waals surface area (Å²) in [6.07, 6.45) is 4.59. The first-order valence-corrected chi connectivity index (χ1v) is 10.7. The molecule has 0 bridgehead atoms. The van der Waals surface area contributed by atoms with Crippen LogP contribution in [0.1, 0.15) is 52.9 Å². The van der Waals surface area contributed by atoms with Crippen molar-refractivity contribution in [2.45, 2.75) is 59.0 Å². The SMILES string of the molecule is CCCCCC(=O)Nc1cccc(NCC(=O)Nc2cccc(OC(C)CC)c2)c1. The summed E-state index contributed by atoms with van der Waals surface area (Å²) >= 11 is 0. The Bertz CT molecular complexity index is 823. The van der Waals surface area contributed by atoms with Gasteiger partial charge < -0.3 is 20.7 Å². The lowest BCUT2D eigenvalue weighted by Gasteiger charge is -2.14. The van der Waals surface area contributed by atoms with E-state index < -0.39 is 0 Å². The van der Waals surface area contributed by atoms with Crippen LogP contribution in [0, 0.1) is 0 Å². The molecule has 0 fully saturated rings. The lowest BCUT2D eigenvalue weighted by atomic mass is 10.2. The summed E-state index contributed by atoms with van der Waals surface area (Å²) in [5, 5.41) is 8.86. The normalized spacial score (nSPS) is 11.4. The van der Waals surface area contributed by atoms with Crippen molar-refractivity contribution in [2.24, 2.45) is 0 Å². The zero-order valence-corrected chi connectivity index (χ0v) is 18.2. The number of anilines is 3. The Morgan fingerprint density at radius 1 is 0.900 bits per heavy atom. The zero-order chi connectivity index (χ0) is 21.8. The van der Waals surface area contributed by atoms with Crippen LogP contribution in [-0.4, -0.2) is 24.5 Å². The van der Waals surface area contributed by atoms with Crippen LogP contribution in [0.5, 0.6) is 5.75 Å². The van der Waals surface area contributed by atoms with E-state index in [0.717, 1.165) is 42.8 Å². The predicted octanol–water partition coefficient (Wildman–Crippen LogP) is 5.43. The van der Waals surface area contributed by atoms with Crippen LogP contribution in [0.3, 0.4) is 0 Å². The number of amides is 2. The fourth-order valence-electron chi connectivity index (χ4n) is 2.82. The van der Waals surface area contributed by atoms with Gasteiger partial charge in [0.25, 0.3) is 0 Å². The maximum absolute atomic E-state index is 12.3. The Hall–Kier alpha value is -3.02. The van der Waals surface area contributed by atoms with Crippen molar-refractivity contribution in [3.8, 4) is 5.75 Å². The molecule has 30 heavy (non-hydrogen) atoms. The Kier molecular flexibility index (Phi) is 9.71. The van der Waals surface area contributed by atoms with Crippen LogP contribution < -0.4 is 20.7 Å². The number of ether oxygens (including phenoxy) is 1. The van der Waals surface area contributed by atoms with Gasteiger partial charge in [-0.2, -0.15) is 0 Å². The van der Waals surface area contributed by atoms with E-state index in [0.29, 0.717) is 12.1 Å². The zero-order valence-electron chi connectivity index (χ0n) is 18.2. The first kappa shape index (κ1) is 23.3. The van der Waals surface area contributed by atoms with Gasteiger partial charge in [-0.3, -0.25) is 9.59 Å². The molecule has 0 aromatic heterocycles. The van der Waals surface area contributed by atoms with Crippen molar-refractivity contribution in [3.63, 3.8) is 0 Å². The number of carbonyl (C=O) groups is 2. The van der Waals surface area contributed by atoms with Crippen LogP contribution in [0.2, 0.25) is 0 Å². The third-order valence-corrected chi connectivity index (χ3v) is 4.64. The van der Waals surface area contributed by atoms with Crippen molar-refractivity contribution < 1.29 is 14.3 Å². The highest BCUT2D eigenvalue weighted by molar-refractivity contribution is 5.94. The molecule has 2 aromatic carbocycles. The molecule has 6 nitrogen and oxygen atoms in total. The van der Waals surface area contributed by atoms with Crippen LogP contribution in [-0.2, 0) is 9.59 Å². The summed E-state index contributed by atoms with van der Waals surface area (Å²) in [5.74, 6) is 0.583. The Balaban J connectivity index is 1.83. The van der Waals surface area contributed by atoms with Gasteiger partial charge in [0.15, 0.2) is 0 Å². The molecule has 0 saturated carbocycles. The van der Waals surface area contributed by atoms with Crippen molar-refractivity contribution in [3.05, 3.63) is 48.5 Å². The summed E-state index contributed by atoms with van der Waals surface area (Å²) in [5.41, 5.74) is 2.18. The fourth-order valence-corrected chi connectivity index (χ4v) is 2.82.